The first-order chi connectivity index (χ1) is 11.1. The van der Waals surface area contributed by atoms with Crippen molar-refractivity contribution in [3.8, 4) is 17.6 Å². The number of amides is 1. The number of hydrogen-bond acceptors (Lipinski definition) is 5. The number of benzene rings is 1. The molecular formula is C16H14FN3O3. The van der Waals surface area contributed by atoms with Gasteiger partial charge in [-0.3, -0.25) is 4.79 Å². The van der Waals surface area contributed by atoms with Gasteiger partial charge in [-0.15, -0.1) is 0 Å². The Bertz CT molecular complexity index is 758. The Kier molecular flexibility index (Phi) is 5.10. The van der Waals surface area contributed by atoms with E-state index in [9.17, 15) is 14.4 Å². The zero-order valence-electron chi connectivity index (χ0n) is 12.5. The first-order valence-electron chi connectivity index (χ1n) is 6.63. The Morgan fingerprint density at radius 2 is 2.13 bits per heavy atom. The number of nitrogens with zero attached hydrogens (tertiary/aromatic N) is 2. The second-order valence-corrected chi connectivity index (χ2v) is 4.49. The minimum atomic E-state index is -0.983. The van der Waals surface area contributed by atoms with Gasteiger partial charge in [0.15, 0.2) is 11.5 Å². The molecule has 118 valence electrons. The molecule has 6 nitrogen and oxygen atoms in total. The van der Waals surface area contributed by atoms with Crippen LogP contribution in [-0.2, 0) is 0 Å². The standard InChI is InChI=1S/C16H14FN3O3/c1-22-13-5-3-4-11(15(13)23-2)12(9-18)20-16(21)10-6-7-19-14(17)8-10/h3-8,12H,1-2H3,(H,20,21)/t12-/m1/s1. The lowest BCUT2D eigenvalue weighted by Gasteiger charge is -2.17. The molecule has 0 spiro atoms. The van der Waals surface area contributed by atoms with Gasteiger partial charge in [0.1, 0.15) is 6.04 Å². The second-order valence-electron chi connectivity index (χ2n) is 4.49. The van der Waals surface area contributed by atoms with Crippen molar-refractivity contribution < 1.29 is 18.7 Å². The molecular weight excluding hydrogens is 301 g/mol. The highest BCUT2D eigenvalue weighted by Gasteiger charge is 2.21. The molecule has 0 saturated carbocycles. The van der Waals surface area contributed by atoms with Crippen molar-refractivity contribution in [2.45, 2.75) is 6.04 Å². The number of pyridine rings is 1. The van der Waals surface area contributed by atoms with E-state index in [4.69, 9.17) is 9.47 Å². The molecule has 0 bridgehead atoms. The number of aromatic nitrogens is 1. The van der Waals surface area contributed by atoms with Crippen LogP contribution in [0.4, 0.5) is 4.39 Å². The van der Waals surface area contributed by atoms with Crippen LogP contribution < -0.4 is 14.8 Å². The van der Waals surface area contributed by atoms with Crippen molar-refractivity contribution in [1.82, 2.24) is 10.3 Å². The predicted octanol–water partition coefficient (Wildman–Crippen LogP) is 2.23. The van der Waals surface area contributed by atoms with Gasteiger partial charge in [-0.25, -0.2) is 4.98 Å². The van der Waals surface area contributed by atoms with E-state index in [1.807, 2.05) is 6.07 Å². The van der Waals surface area contributed by atoms with Crippen molar-refractivity contribution in [2.24, 2.45) is 0 Å². The lowest BCUT2D eigenvalue weighted by molar-refractivity contribution is 0.0944. The summed E-state index contributed by atoms with van der Waals surface area (Å²) >= 11 is 0. The molecule has 0 radical (unpaired) electrons. The maximum Gasteiger partial charge on any atom is 0.252 e. The fourth-order valence-corrected chi connectivity index (χ4v) is 2.08. The molecule has 2 aromatic rings. The summed E-state index contributed by atoms with van der Waals surface area (Å²) in [5.74, 6) is -0.579. The minimum Gasteiger partial charge on any atom is -0.493 e. The summed E-state index contributed by atoms with van der Waals surface area (Å²) in [5, 5.41) is 11.9. The van der Waals surface area contributed by atoms with Crippen molar-refractivity contribution in [3.05, 3.63) is 53.6 Å². The summed E-state index contributed by atoms with van der Waals surface area (Å²) in [5.41, 5.74) is 0.511. The first kappa shape index (κ1) is 16.2. The molecule has 2 rings (SSSR count). The molecule has 0 aliphatic heterocycles. The molecule has 0 saturated heterocycles. The number of hydrogen-bond donors (Lipinski definition) is 1. The van der Waals surface area contributed by atoms with E-state index in [0.717, 1.165) is 6.07 Å². The van der Waals surface area contributed by atoms with E-state index in [0.29, 0.717) is 17.1 Å². The van der Waals surface area contributed by atoms with Gasteiger partial charge < -0.3 is 14.8 Å². The minimum absolute atomic E-state index is 0.0691. The van der Waals surface area contributed by atoms with E-state index in [2.05, 4.69) is 10.3 Å². The van der Waals surface area contributed by atoms with Gasteiger partial charge in [0.25, 0.3) is 5.91 Å². The molecule has 1 amide bonds. The SMILES string of the molecule is COc1cccc([C@@H](C#N)NC(=O)c2ccnc(F)c2)c1OC. The molecule has 0 aliphatic carbocycles. The smallest absolute Gasteiger partial charge is 0.252 e. The fraction of sp³-hybridized carbons (Fsp3) is 0.188. The Hall–Kier alpha value is -3.14. The average molecular weight is 315 g/mol. The van der Waals surface area contributed by atoms with E-state index in [1.54, 1.807) is 18.2 Å². The number of carbonyl (C=O) groups is 1. The quantitative estimate of drug-likeness (QED) is 0.855. The maximum absolute atomic E-state index is 13.1. The van der Waals surface area contributed by atoms with Crippen LogP contribution in [0.5, 0.6) is 11.5 Å². The third-order valence-electron chi connectivity index (χ3n) is 3.14. The predicted molar refractivity (Wildman–Crippen MR) is 79.6 cm³/mol. The zero-order valence-corrected chi connectivity index (χ0v) is 12.5. The van der Waals surface area contributed by atoms with E-state index in [1.165, 1.54) is 26.5 Å². The Morgan fingerprint density at radius 1 is 1.35 bits per heavy atom. The highest BCUT2D eigenvalue weighted by Crippen LogP contribution is 2.34. The molecule has 7 heteroatoms. The van der Waals surface area contributed by atoms with Crippen LogP contribution in [0.25, 0.3) is 0 Å². The van der Waals surface area contributed by atoms with Crippen LogP contribution in [0.1, 0.15) is 22.0 Å². The fourth-order valence-electron chi connectivity index (χ4n) is 2.08. The Balaban J connectivity index is 2.31. The van der Waals surface area contributed by atoms with Gasteiger partial charge in [-0.2, -0.15) is 9.65 Å². The largest absolute Gasteiger partial charge is 0.493 e. The lowest BCUT2D eigenvalue weighted by Crippen LogP contribution is -2.28. The van der Waals surface area contributed by atoms with Gasteiger partial charge in [0, 0.05) is 23.4 Å². The number of carbonyl (C=O) groups excluding carboxylic acids is 1. The lowest BCUT2D eigenvalue weighted by atomic mass is 10.1. The number of para-hydroxylation sites is 1. The van der Waals surface area contributed by atoms with Crippen LogP contribution >= 0.6 is 0 Å². The van der Waals surface area contributed by atoms with Gasteiger partial charge in [-0.1, -0.05) is 12.1 Å². The maximum atomic E-state index is 13.1. The summed E-state index contributed by atoms with van der Waals surface area (Å²) in [4.78, 5) is 15.5. The molecule has 1 heterocycles. The number of halogens is 1. The van der Waals surface area contributed by atoms with Gasteiger partial charge in [0.2, 0.25) is 5.95 Å². The molecule has 1 aromatic carbocycles. The summed E-state index contributed by atoms with van der Waals surface area (Å²) in [6.07, 6.45) is 1.18. The van der Waals surface area contributed by atoms with Crippen molar-refractivity contribution >= 4 is 5.91 Å². The number of methoxy groups -OCH3 is 2. The molecule has 1 atom stereocenters. The van der Waals surface area contributed by atoms with Gasteiger partial charge >= 0.3 is 0 Å². The summed E-state index contributed by atoms with van der Waals surface area (Å²) in [7, 11) is 2.91. The zero-order chi connectivity index (χ0) is 16.8. The van der Waals surface area contributed by atoms with E-state index < -0.39 is 17.9 Å². The van der Waals surface area contributed by atoms with E-state index in [-0.39, 0.29) is 5.56 Å². The molecule has 0 unspecified atom stereocenters. The monoisotopic (exact) mass is 315 g/mol. The Morgan fingerprint density at radius 3 is 2.74 bits per heavy atom. The van der Waals surface area contributed by atoms with Crippen LogP contribution in [-0.4, -0.2) is 25.1 Å². The highest BCUT2D eigenvalue weighted by molar-refractivity contribution is 5.94. The second kappa shape index (κ2) is 7.22. The van der Waals surface area contributed by atoms with Crippen LogP contribution in [0.3, 0.4) is 0 Å². The van der Waals surface area contributed by atoms with Gasteiger partial charge in [-0.05, 0) is 12.1 Å². The highest BCUT2D eigenvalue weighted by atomic mass is 19.1. The first-order valence-corrected chi connectivity index (χ1v) is 6.63. The number of ether oxygens (including phenoxy) is 2. The third kappa shape index (κ3) is 3.55. The summed E-state index contributed by atoms with van der Waals surface area (Å²) in [6, 6.07) is 8.35. The molecule has 0 fully saturated rings. The van der Waals surface area contributed by atoms with Crippen molar-refractivity contribution in [1.29, 1.82) is 5.26 Å². The Labute approximate surface area is 132 Å². The van der Waals surface area contributed by atoms with Crippen LogP contribution in [0.2, 0.25) is 0 Å². The number of nitrogens with one attached hydrogen (secondary N) is 1. The molecule has 23 heavy (non-hydrogen) atoms. The molecule has 0 aliphatic rings. The summed E-state index contributed by atoms with van der Waals surface area (Å²) < 4.78 is 23.5. The normalized spacial score (nSPS) is 11.2. The summed E-state index contributed by atoms with van der Waals surface area (Å²) in [6.45, 7) is 0. The van der Waals surface area contributed by atoms with E-state index >= 15 is 0 Å². The topological polar surface area (TPSA) is 84.2 Å². The average Bonchev–Trinajstić information content (AvgIpc) is 2.58. The van der Waals surface area contributed by atoms with Crippen LogP contribution in [0.15, 0.2) is 36.5 Å². The number of rotatable bonds is 5. The van der Waals surface area contributed by atoms with Crippen LogP contribution in [0, 0.1) is 17.3 Å². The van der Waals surface area contributed by atoms with Crippen molar-refractivity contribution in [2.75, 3.05) is 14.2 Å². The third-order valence-corrected chi connectivity index (χ3v) is 3.14. The molecule has 1 N–H and O–H groups in total. The molecule has 1 aromatic heterocycles. The van der Waals surface area contributed by atoms with Gasteiger partial charge in [0.05, 0.1) is 20.3 Å². The van der Waals surface area contributed by atoms with Crippen molar-refractivity contribution in [3.63, 3.8) is 0 Å². The number of nitriles is 1.